The van der Waals surface area contributed by atoms with Crippen molar-refractivity contribution < 1.29 is 63.0 Å². The van der Waals surface area contributed by atoms with Gasteiger partial charge in [-0.2, -0.15) is 19.9 Å². The van der Waals surface area contributed by atoms with E-state index < -0.39 is 36.5 Å². The van der Waals surface area contributed by atoms with Gasteiger partial charge in [-0.1, -0.05) is 62.0 Å². The lowest BCUT2D eigenvalue weighted by molar-refractivity contribution is -0.338. The summed E-state index contributed by atoms with van der Waals surface area (Å²) in [4.78, 5) is 93.1. The highest BCUT2D eigenvalue weighted by molar-refractivity contribution is 6.30. The van der Waals surface area contributed by atoms with E-state index in [2.05, 4.69) is 147 Å². The Balaban J connectivity index is 0.801. The summed E-state index contributed by atoms with van der Waals surface area (Å²) in [6, 6.07) is 23.5. The van der Waals surface area contributed by atoms with E-state index in [1.54, 1.807) is 41.1 Å². The summed E-state index contributed by atoms with van der Waals surface area (Å²) in [6.45, 7) is 35.9. The molecule has 111 heavy (non-hydrogen) atoms. The normalized spacial score (nSPS) is 23.7. The second-order valence-electron chi connectivity index (χ2n) is 32.5. The number of carbonyl (C=O) groups is 4. The SMILES string of the molecule is C=C(NOCC(=O)O)c1cc(-c2nc3n(n2)/C(=N/c2cc4c(cc2C)N(CCOCCN2c5cc(C)c(/N=C6\C(C#N)=C(C(=O)OC7C(C)CC(C)CC7C)c7nc(-c8ccc(OC)c(NC(=O)CCC(=O)O)c8)nn76)cc5C(C)CC2(C)C)C(C)(C)CC4C)C(C#N)=C3COOC2C(C)CC(C)CC2C)ccc1OC. The molecule has 4 aromatic carbocycles. The number of nitrogens with one attached hydrogen (secondary N) is 2. The van der Waals surface area contributed by atoms with E-state index in [1.165, 1.54) is 18.9 Å². The van der Waals surface area contributed by atoms with Gasteiger partial charge in [0.05, 0.1) is 62.7 Å². The fourth-order valence-corrected chi connectivity index (χ4v) is 17.8. The van der Waals surface area contributed by atoms with Crippen molar-refractivity contribution in [1.82, 2.24) is 35.0 Å². The highest BCUT2D eigenvalue weighted by Gasteiger charge is 2.44. The molecular formula is C84H102N14O13. The molecule has 0 spiro atoms. The van der Waals surface area contributed by atoms with Crippen LogP contribution in [0.3, 0.4) is 0 Å². The molecule has 6 aliphatic rings. The zero-order valence-corrected chi connectivity index (χ0v) is 66.4. The molecule has 6 unspecified atom stereocenters. The third-order valence-electron chi connectivity index (χ3n) is 22.8. The number of methoxy groups -OCH3 is 2. The first kappa shape index (κ1) is 80.0. The summed E-state index contributed by atoms with van der Waals surface area (Å²) in [5.41, 5.74) is 11.9. The predicted molar refractivity (Wildman–Crippen MR) is 422 cm³/mol. The Kier molecular flexibility index (Phi) is 23.6. The number of hydroxylamine groups is 1. The zero-order valence-electron chi connectivity index (χ0n) is 66.4. The van der Waals surface area contributed by atoms with Gasteiger partial charge in [0.25, 0.3) is 0 Å². The first-order valence-electron chi connectivity index (χ1n) is 38.3. The second kappa shape index (κ2) is 32.8. The van der Waals surface area contributed by atoms with Crippen LogP contribution in [0, 0.1) is 72.0 Å². The number of aryl methyl sites for hydroxylation is 2. The summed E-state index contributed by atoms with van der Waals surface area (Å²) >= 11 is 0. The molecule has 2 fully saturated rings. The highest BCUT2D eigenvalue weighted by Crippen LogP contribution is 2.49. The quantitative estimate of drug-likeness (QED) is 0.0161. The number of aliphatic imine (C=N–C) groups is 2. The average molecular weight is 1520 g/mol. The Labute approximate surface area is 648 Å². The molecule has 0 saturated heterocycles. The van der Waals surface area contributed by atoms with E-state index in [0.29, 0.717) is 94.9 Å². The molecule has 6 atom stereocenters. The first-order valence-corrected chi connectivity index (χ1v) is 38.3. The molecule has 4 N–H and O–H groups in total. The van der Waals surface area contributed by atoms with Crippen LogP contribution in [-0.4, -0.2) is 152 Å². The Morgan fingerprint density at radius 3 is 1.68 bits per heavy atom. The minimum Gasteiger partial charge on any atom is -0.496 e. The number of carboxylic acid groups (broad SMARTS) is 2. The van der Waals surface area contributed by atoms with Crippen LogP contribution < -0.4 is 30.1 Å². The van der Waals surface area contributed by atoms with Gasteiger partial charge in [-0.05, 0) is 210 Å². The number of amides is 1. The molecule has 6 heterocycles. The summed E-state index contributed by atoms with van der Waals surface area (Å²) < 4.78 is 27.3. The summed E-state index contributed by atoms with van der Waals surface area (Å²) in [5.74, 6) is 0.453. The number of anilines is 3. The number of ether oxygens (including phenoxy) is 4. The van der Waals surface area contributed by atoms with Crippen LogP contribution in [0.2, 0.25) is 0 Å². The maximum absolute atomic E-state index is 14.8. The Morgan fingerprint density at radius 2 is 1.15 bits per heavy atom. The number of allylic oxidation sites excluding steroid dienone is 2. The van der Waals surface area contributed by atoms with Gasteiger partial charge in [-0.3, -0.25) is 19.9 Å². The largest absolute Gasteiger partial charge is 0.496 e. The Bertz CT molecular complexity index is 4850. The molecule has 6 aromatic rings. The number of nitrogens with zero attached hydrogens (tertiary/aromatic N) is 12. The summed E-state index contributed by atoms with van der Waals surface area (Å²) in [6.07, 6.45) is 4.25. The van der Waals surface area contributed by atoms with Crippen molar-refractivity contribution in [3.05, 3.63) is 118 Å². The van der Waals surface area contributed by atoms with Gasteiger partial charge in [0.1, 0.15) is 53.1 Å². The molecule has 2 aromatic heterocycles. The predicted octanol–water partition coefficient (Wildman–Crippen LogP) is 14.5. The van der Waals surface area contributed by atoms with Crippen LogP contribution in [0.4, 0.5) is 28.4 Å². The van der Waals surface area contributed by atoms with Crippen LogP contribution in [0.15, 0.2) is 88.4 Å². The van der Waals surface area contributed by atoms with Crippen LogP contribution in [0.25, 0.3) is 39.6 Å². The van der Waals surface area contributed by atoms with Crippen LogP contribution in [0.5, 0.6) is 11.5 Å². The molecule has 12 rings (SSSR count). The van der Waals surface area contributed by atoms with Crippen molar-refractivity contribution in [2.45, 2.75) is 183 Å². The Morgan fingerprint density at radius 1 is 0.649 bits per heavy atom. The number of hydrogen-bond acceptors (Lipinski definition) is 22. The van der Waals surface area contributed by atoms with Crippen molar-refractivity contribution in [2.75, 3.05) is 68.9 Å². The maximum atomic E-state index is 14.8. The van der Waals surface area contributed by atoms with Crippen molar-refractivity contribution >= 4 is 80.8 Å². The fourth-order valence-electron chi connectivity index (χ4n) is 17.8. The number of aromatic nitrogens is 6. The minimum absolute atomic E-state index is 0.0296. The molecule has 586 valence electrons. The Hall–Kier alpha value is -10.6. The third-order valence-corrected chi connectivity index (χ3v) is 22.8. The number of hydrogen-bond donors (Lipinski definition) is 4. The maximum Gasteiger partial charge on any atom is 0.343 e. The molecule has 4 aliphatic heterocycles. The first-order chi connectivity index (χ1) is 52.8. The molecule has 1 amide bonds. The number of aliphatic carboxylic acids is 2. The van der Waals surface area contributed by atoms with Gasteiger partial charge >= 0.3 is 17.9 Å². The second-order valence-corrected chi connectivity index (χ2v) is 32.5. The van der Waals surface area contributed by atoms with Crippen molar-refractivity contribution in [2.24, 2.45) is 45.5 Å². The van der Waals surface area contributed by atoms with E-state index in [-0.39, 0.29) is 124 Å². The van der Waals surface area contributed by atoms with E-state index in [1.807, 2.05) is 13.8 Å². The number of carbonyl (C=O) groups excluding carboxylic acids is 2. The van der Waals surface area contributed by atoms with E-state index >= 15 is 0 Å². The average Bonchev–Trinajstić information content (AvgIpc) is 1.65. The van der Waals surface area contributed by atoms with Crippen molar-refractivity contribution in [1.29, 1.82) is 10.5 Å². The van der Waals surface area contributed by atoms with E-state index in [9.17, 15) is 39.9 Å². The van der Waals surface area contributed by atoms with Crippen molar-refractivity contribution in [3.8, 4) is 46.4 Å². The van der Waals surface area contributed by atoms with Gasteiger partial charge in [0.2, 0.25) is 5.91 Å². The topological polar surface area (TPSA) is 338 Å². The molecule has 27 nitrogen and oxygen atoms in total. The van der Waals surface area contributed by atoms with E-state index in [0.717, 1.165) is 72.2 Å². The number of fused-ring (bicyclic) bond motifs is 4. The lowest BCUT2D eigenvalue weighted by atomic mass is 9.75. The molecule has 0 radical (unpaired) electrons. The number of nitriles is 2. The van der Waals surface area contributed by atoms with Gasteiger partial charge in [-0.25, -0.2) is 39.3 Å². The van der Waals surface area contributed by atoms with E-state index in [4.69, 9.17) is 63.7 Å². The number of rotatable bonds is 27. The van der Waals surface area contributed by atoms with Crippen LogP contribution in [-0.2, 0) is 43.3 Å². The number of esters is 1. The third kappa shape index (κ3) is 16.6. The number of carboxylic acids is 2. The van der Waals surface area contributed by atoms with Gasteiger partial charge in [0.15, 0.2) is 41.6 Å². The number of benzene rings is 4. The molecule has 27 heteroatoms. The van der Waals surface area contributed by atoms with Crippen molar-refractivity contribution in [3.63, 3.8) is 0 Å². The lowest BCUT2D eigenvalue weighted by Crippen LogP contribution is -2.50. The van der Waals surface area contributed by atoms with Crippen LogP contribution >= 0.6 is 0 Å². The summed E-state index contributed by atoms with van der Waals surface area (Å²) in [5, 5.41) is 53.3. The molecule has 2 saturated carbocycles. The highest BCUT2D eigenvalue weighted by atomic mass is 17.2. The molecular weight excluding hydrogens is 1410 g/mol. The smallest absolute Gasteiger partial charge is 0.343 e. The lowest BCUT2D eigenvalue weighted by Gasteiger charge is -2.48. The van der Waals surface area contributed by atoms with Gasteiger partial charge < -0.3 is 44.3 Å². The standard InChI is InChI=1S/C84H102N14O13/c1-44-28-48(5)74(49(6)29-44)110-82(104)73-61(41-86)79(98-81(73)91-77(93-98)56-19-21-69(106-17)65(35-56)87-70(99)22-23-71(100)101)89-64-37-58-53(10)39-84(14,15)96(67(58)33-47(64)4)25-27-107-26-24-95-66-32-46(3)63(36-57(66)52(9)38-83(95,12)13)88-78-60(40-85)62(42-109-111-75-50(7)30-45(2)31-51(75)8)80-90-76(92-97(78)80)55-18-20-68(105-16)59(34-55)54(11)94-108-43-72(102)103/h18-21,32-37,44-45,48-53,74-75,94H,11,22-31,38-39,42-43H2,1-10,12-17H3,(H,87,99)(H,100,101)(H,102,103)/b88-78+,89-79+. The monoisotopic (exact) mass is 1510 g/mol. The van der Waals surface area contributed by atoms with Gasteiger partial charge in [-0.15, -0.1) is 10.2 Å². The minimum atomic E-state index is -1.16. The summed E-state index contributed by atoms with van der Waals surface area (Å²) in [7, 11) is 2.96. The molecule has 0 bridgehead atoms. The fraction of sp³-hybridized carbons (Fsp3) is 0.500. The van der Waals surface area contributed by atoms with Gasteiger partial charge in [0, 0.05) is 64.2 Å². The molecule has 2 aliphatic carbocycles. The van der Waals surface area contributed by atoms with Crippen LogP contribution in [0.1, 0.15) is 186 Å². The zero-order chi connectivity index (χ0) is 79.8.